The van der Waals surface area contributed by atoms with Crippen molar-refractivity contribution in [2.24, 2.45) is 5.92 Å². The number of hydrogen-bond acceptors (Lipinski definition) is 5. The lowest BCUT2D eigenvalue weighted by atomic mass is 9.82. The molecule has 0 radical (unpaired) electrons. The zero-order valence-corrected chi connectivity index (χ0v) is 28.8. The Morgan fingerprint density at radius 2 is 1.63 bits per heavy atom. The molecule has 4 aromatic rings. The lowest BCUT2D eigenvalue weighted by molar-refractivity contribution is -0.150. The van der Waals surface area contributed by atoms with E-state index in [2.05, 4.69) is 0 Å². The Morgan fingerprint density at radius 3 is 2.29 bits per heavy atom. The first-order valence-electron chi connectivity index (χ1n) is 16.8. The van der Waals surface area contributed by atoms with Gasteiger partial charge in [0.25, 0.3) is 5.91 Å². The van der Waals surface area contributed by atoms with E-state index in [1.165, 1.54) is 4.90 Å². The van der Waals surface area contributed by atoms with Crippen LogP contribution in [0.4, 0.5) is 26.9 Å². The van der Waals surface area contributed by atoms with Crippen molar-refractivity contribution >= 4 is 49.4 Å². The van der Waals surface area contributed by atoms with Gasteiger partial charge in [-0.1, -0.05) is 67.6 Å². The third-order valence-corrected chi connectivity index (χ3v) is 13.0. The monoisotopic (exact) mass is 677 g/mol. The van der Waals surface area contributed by atoms with Gasteiger partial charge in [-0.3, -0.25) is 24.2 Å². The summed E-state index contributed by atoms with van der Waals surface area (Å²) in [5.74, 6) is -1.24. The van der Waals surface area contributed by atoms with Crippen molar-refractivity contribution in [3.63, 3.8) is 0 Å². The fraction of sp³-hybridized carbons (Fsp3) is 0.308. The molecule has 3 heterocycles. The Labute approximate surface area is 286 Å². The Kier molecular flexibility index (Phi) is 8.50. The predicted octanol–water partition coefficient (Wildman–Crippen LogP) is 6.77. The lowest BCUT2D eigenvalue weighted by Crippen LogP contribution is -2.48. The highest BCUT2D eigenvalue weighted by Gasteiger charge is 2.67. The van der Waals surface area contributed by atoms with Crippen LogP contribution in [0.15, 0.2) is 103 Å². The summed E-state index contributed by atoms with van der Waals surface area (Å²) in [4.78, 5) is 46.4. The second-order valence-electron chi connectivity index (χ2n) is 13.8. The molecule has 3 aliphatic rings. The molecule has 49 heavy (non-hydrogen) atoms. The van der Waals surface area contributed by atoms with Gasteiger partial charge in [0.1, 0.15) is 0 Å². The van der Waals surface area contributed by atoms with Crippen LogP contribution < -0.4 is 9.80 Å². The maximum atomic E-state index is 16.6. The van der Waals surface area contributed by atoms with E-state index in [1.54, 1.807) is 35.0 Å². The quantitative estimate of drug-likeness (QED) is 0.126. The number of anilines is 4. The molecule has 0 unspecified atom stereocenters. The maximum Gasteiger partial charge on any atom is 0.268 e. The first-order valence-corrected chi connectivity index (χ1v) is 19.7. The van der Waals surface area contributed by atoms with Gasteiger partial charge in [-0.05, 0) is 73.1 Å². The number of ether oxygens (including phenoxy) is 1. The van der Waals surface area contributed by atoms with E-state index >= 15 is 4.11 Å². The molecular weight excluding hydrogens is 638 g/mol. The number of nitrogens with zero attached hydrogens (tertiary/aromatic N) is 3. The lowest BCUT2D eigenvalue weighted by Gasteiger charge is -2.37. The molecule has 0 aromatic heterocycles. The summed E-state index contributed by atoms with van der Waals surface area (Å²) in [7, 11) is -3.57. The number of carbonyl (C=O) groups is 3. The number of halogens is 1. The Hall–Kier alpha value is -4.64. The Morgan fingerprint density at radius 1 is 0.980 bits per heavy atom. The molecule has 5 atom stereocenters. The van der Waals surface area contributed by atoms with E-state index in [1.807, 2.05) is 97.9 Å². The van der Waals surface area contributed by atoms with Gasteiger partial charge >= 0.3 is 0 Å². The number of fused-ring (bicyclic) bond motifs is 3. The summed E-state index contributed by atoms with van der Waals surface area (Å²) in [6.45, 7) is 5.21. The Balaban J connectivity index is 1.31. The smallest absolute Gasteiger partial charge is 0.268 e. The minimum atomic E-state index is -3.57. The first-order chi connectivity index (χ1) is 23.6. The highest BCUT2D eigenvalue weighted by molar-refractivity contribution is 6.72. The largest absolute Gasteiger partial charge is 0.394 e. The molecule has 0 saturated carbocycles. The third-order valence-electron chi connectivity index (χ3n) is 10.5. The number of aliphatic hydroxyl groups excluding tert-OH is 1. The number of aliphatic hydroxyl groups is 1. The molecule has 4 aromatic carbocycles. The van der Waals surface area contributed by atoms with Crippen molar-refractivity contribution in [2.75, 3.05) is 16.4 Å². The fourth-order valence-electron chi connectivity index (χ4n) is 8.33. The Bertz CT molecular complexity index is 1890. The van der Waals surface area contributed by atoms with Gasteiger partial charge in [-0.25, -0.2) is 0 Å². The van der Waals surface area contributed by atoms with Gasteiger partial charge in [-0.15, -0.1) is 0 Å². The first kappa shape index (κ1) is 32.9. The molecule has 1 fully saturated rings. The average molecular weight is 678 g/mol. The van der Waals surface area contributed by atoms with Crippen LogP contribution in [0.5, 0.6) is 0 Å². The minimum absolute atomic E-state index is 0.131. The van der Waals surface area contributed by atoms with Gasteiger partial charge in [-0.2, -0.15) is 0 Å². The number of hydrogen-bond donors (Lipinski definition) is 1. The van der Waals surface area contributed by atoms with E-state index < -0.39 is 37.6 Å². The molecule has 3 amide bonds. The minimum Gasteiger partial charge on any atom is -0.394 e. The highest BCUT2D eigenvalue weighted by Crippen LogP contribution is 2.61. The van der Waals surface area contributed by atoms with Crippen molar-refractivity contribution in [2.45, 2.75) is 62.7 Å². The fourth-order valence-corrected chi connectivity index (χ4v) is 10.8. The molecule has 0 aliphatic carbocycles. The summed E-state index contributed by atoms with van der Waals surface area (Å²) in [6.07, 6.45) is 0.225. The summed E-state index contributed by atoms with van der Waals surface area (Å²) < 4.78 is 23.5. The van der Waals surface area contributed by atoms with Crippen LogP contribution in [0.2, 0.25) is 18.6 Å². The van der Waals surface area contributed by atoms with Crippen molar-refractivity contribution in [1.29, 1.82) is 0 Å². The van der Waals surface area contributed by atoms with E-state index in [-0.39, 0.29) is 24.8 Å². The van der Waals surface area contributed by atoms with E-state index in [4.69, 9.17) is 4.74 Å². The molecule has 3 aliphatic heterocycles. The second-order valence-corrected chi connectivity index (χ2v) is 17.6. The molecular formula is C39H40FN3O5Si. The number of benzene rings is 4. The summed E-state index contributed by atoms with van der Waals surface area (Å²) in [5, 5.41) is 10.3. The van der Waals surface area contributed by atoms with E-state index in [9.17, 15) is 19.5 Å². The molecule has 252 valence electrons. The number of rotatable bonds is 8. The van der Waals surface area contributed by atoms with Crippen LogP contribution in [0.3, 0.4) is 0 Å². The van der Waals surface area contributed by atoms with Crippen LogP contribution in [-0.4, -0.2) is 55.4 Å². The standard InChI is InChI=1S/C39H40FN3O5Si/c1-26-37(49(2,3)40)35(22-36(46)41-23-28-13-11-10-12-27(28)20-32(41)24-44)48-39(26)33-21-31(42(25-45)29-14-6-4-7-15-29)18-19-34(33)43(38(39)47)30-16-8-5-9-17-30/h4-19,21,25-26,32,35,37,44H,20,22-24H2,1-3H3/t26-,32-,35+,37-,39+/m0/s1. The molecule has 1 N–H and O–H groups in total. The number of amides is 3. The maximum absolute atomic E-state index is 16.6. The average Bonchev–Trinajstić information content (AvgIpc) is 3.54. The van der Waals surface area contributed by atoms with Crippen LogP contribution in [0, 0.1) is 5.92 Å². The van der Waals surface area contributed by atoms with E-state index in [0.717, 1.165) is 17.5 Å². The van der Waals surface area contributed by atoms with Crippen LogP contribution in [0.25, 0.3) is 0 Å². The van der Waals surface area contributed by atoms with Gasteiger partial charge in [0.2, 0.25) is 20.7 Å². The van der Waals surface area contributed by atoms with Crippen molar-refractivity contribution in [3.8, 4) is 0 Å². The van der Waals surface area contributed by atoms with Crippen LogP contribution >= 0.6 is 0 Å². The zero-order valence-electron chi connectivity index (χ0n) is 27.8. The van der Waals surface area contributed by atoms with Crippen molar-refractivity contribution < 1.29 is 28.3 Å². The number of carbonyl (C=O) groups excluding carboxylic acids is 3. The zero-order chi connectivity index (χ0) is 34.5. The second kappa shape index (κ2) is 12.7. The number of para-hydroxylation sites is 2. The molecule has 1 saturated heterocycles. The van der Waals surface area contributed by atoms with Crippen molar-refractivity contribution in [1.82, 2.24) is 4.90 Å². The molecule has 10 heteroatoms. The topological polar surface area (TPSA) is 90.4 Å². The summed E-state index contributed by atoms with van der Waals surface area (Å²) in [5.41, 5.74) is 2.73. The van der Waals surface area contributed by atoms with E-state index in [0.29, 0.717) is 41.3 Å². The van der Waals surface area contributed by atoms with Gasteiger partial charge < -0.3 is 18.9 Å². The summed E-state index contributed by atoms with van der Waals surface area (Å²) >= 11 is 0. The van der Waals surface area contributed by atoms with Gasteiger partial charge in [0.15, 0.2) is 5.60 Å². The highest BCUT2D eigenvalue weighted by atomic mass is 28.4. The normalized spacial score (nSPS) is 24.6. The molecule has 0 bridgehead atoms. The van der Waals surface area contributed by atoms with Gasteiger partial charge in [0, 0.05) is 40.6 Å². The summed E-state index contributed by atoms with van der Waals surface area (Å²) in [6, 6.07) is 31.3. The van der Waals surface area contributed by atoms with Crippen molar-refractivity contribution in [3.05, 3.63) is 120 Å². The predicted molar refractivity (Wildman–Crippen MR) is 189 cm³/mol. The third kappa shape index (κ3) is 5.48. The molecule has 7 rings (SSSR count). The molecule has 8 nitrogen and oxygen atoms in total. The van der Waals surface area contributed by atoms with Crippen LogP contribution in [-0.2, 0) is 37.7 Å². The molecule has 1 spiro atoms. The van der Waals surface area contributed by atoms with Gasteiger partial charge in [0.05, 0.1) is 30.9 Å². The SMILES string of the molecule is C[C@H]1[C@H]([Si](C)(C)F)[C@@H](CC(=O)N2Cc3ccccc3C[C@H]2CO)O[C@]12C(=O)N(c1ccccc1)c1ccc(N(C=O)c3ccccc3)cc12. The van der Waals surface area contributed by atoms with Crippen LogP contribution in [0.1, 0.15) is 30.0 Å².